The number of hydrogen-bond acceptors (Lipinski definition) is 4. The van der Waals surface area contributed by atoms with Gasteiger partial charge in [0.2, 0.25) is 5.91 Å². The number of nitrogens with zero attached hydrogens (tertiary/aromatic N) is 1. The Morgan fingerprint density at radius 3 is 2.46 bits per heavy atom. The lowest BCUT2D eigenvalue weighted by molar-refractivity contribution is -0.125. The summed E-state index contributed by atoms with van der Waals surface area (Å²) < 4.78 is 0. The number of hydrogen-bond donors (Lipinski definition) is 1. The molecule has 1 unspecified atom stereocenters. The molecule has 0 aliphatic carbocycles. The van der Waals surface area contributed by atoms with Gasteiger partial charge >= 0.3 is 0 Å². The highest BCUT2D eigenvalue weighted by molar-refractivity contribution is 5.82. The first-order chi connectivity index (χ1) is 11.5. The minimum atomic E-state index is -0.403. The molecule has 1 atom stereocenters. The Balaban J connectivity index is 5.39. The summed E-state index contributed by atoms with van der Waals surface area (Å²) in [4.78, 5) is 36.1. The molecule has 0 spiro atoms. The lowest BCUT2D eigenvalue weighted by Gasteiger charge is -2.27. The van der Waals surface area contributed by atoms with Crippen LogP contribution in [-0.4, -0.2) is 50.1 Å². The van der Waals surface area contributed by atoms with E-state index in [4.69, 9.17) is 0 Å². The minimum Gasteiger partial charge on any atom is -0.358 e. The number of carbonyl (C=O) groups excluding carboxylic acids is 3. The van der Waals surface area contributed by atoms with Crippen LogP contribution >= 0.6 is 0 Å². The molecule has 0 bridgehead atoms. The number of aldehydes is 2. The Bertz CT molecular complexity index is 493. The highest BCUT2D eigenvalue weighted by Crippen LogP contribution is 2.15. The molecule has 0 heterocycles. The second kappa shape index (κ2) is 13.4. The Kier molecular flexibility index (Phi) is 12.3. The third-order valence-corrected chi connectivity index (χ3v) is 3.70. The van der Waals surface area contributed by atoms with Gasteiger partial charge < -0.3 is 10.1 Å². The summed E-state index contributed by atoms with van der Waals surface area (Å²) in [6, 6.07) is -0.403. The van der Waals surface area contributed by atoms with E-state index in [0.29, 0.717) is 25.0 Å². The Labute approximate surface area is 145 Å². The van der Waals surface area contributed by atoms with Gasteiger partial charge in [-0.3, -0.25) is 14.5 Å². The molecule has 0 aromatic rings. The monoisotopic (exact) mass is 334 g/mol. The van der Waals surface area contributed by atoms with Crippen LogP contribution in [-0.2, 0) is 14.4 Å². The van der Waals surface area contributed by atoms with E-state index in [1.54, 1.807) is 13.1 Å². The first-order valence-corrected chi connectivity index (χ1v) is 8.38. The van der Waals surface area contributed by atoms with Crippen molar-refractivity contribution >= 4 is 18.5 Å². The van der Waals surface area contributed by atoms with Crippen LogP contribution in [0.2, 0.25) is 0 Å². The highest BCUT2D eigenvalue weighted by Gasteiger charge is 2.23. The predicted octanol–water partition coefficient (Wildman–Crippen LogP) is 2.44. The molecule has 0 saturated heterocycles. The largest absolute Gasteiger partial charge is 0.358 e. The average Bonchev–Trinajstić information content (AvgIpc) is 2.59. The van der Waals surface area contributed by atoms with Crippen LogP contribution in [0.5, 0.6) is 0 Å². The molecule has 24 heavy (non-hydrogen) atoms. The molecule has 0 rings (SSSR count). The zero-order valence-corrected chi connectivity index (χ0v) is 15.2. The molecule has 134 valence electrons. The smallest absolute Gasteiger partial charge is 0.237 e. The number of likely N-dealkylation sites (N-methyl/N-ethyl adjacent to an activating group) is 2. The summed E-state index contributed by atoms with van der Waals surface area (Å²) in [6.45, 7) is 4.44. The van der Waals surface area contributed by atoms with E-state index in [9.17, 15) is 14.4 Å². The quantitative estimate of drug-likeness (QED) is 0.338. The van der Waals surface area contributed by atoms with Gasteiger partial charge in [-0.15, -0.1) is 0 Å². The van der Waals surface area contributed by atoms with E-state index < -0.39 is 6.04 Å². The SMILES string of the molecule is C\C=C/C=C(C=O)\C(=C\CCC)CN(C)C(CCC=O)C(=O)NC. The van der Waals surface area contributed by atoms with Crippen molar-refractivity contribution in [2.75, 3.05) is 20.6 Å². The number of allylic oxidation sites excluding steroid dienone is 4. The van der Waals surface area contributed by atoms with E-state index in [1.807, 2.05) is 37.1 Å². The molecule has 5 nitrogen and oxygen atoms in total. The van der Waals surface area contributed by atoms with Crippen LogP contribution in [0.3, 0.4) is 0 Å². The van der Waals surface area contributed by atoms with Crippen LogP contribution in [0.4, 0.5) is 0 Å². The molecule has 5 heteroatoms. The van der Waals surface area contributed by atoms with Crippen molar-refractivity contribution < 1.29 is 14.4 Å². The van der Waals surface area contributed by atoms with Gasteiger partial charge in [-0.05, 0) is 32.4 Å². The van der Waals surface area contributed by atoms with Crippen molar-refractivity contribution in [2.45, 2.75) is 45.6 Å². The second-order valence-electron chi connectivity index (χ2n) is 5.57. The Morgan fingerprint density at radius 2 is 1.96 bits per heavy atom. The van der Waals surface area contributed by atoms with Crippen LogP contribution in [0.25, 0.3) is 0 Å². The molecular formula is C19H30N2O3. The van der Waals surface area contributed by atoms with Gasteiger partial charge in [-0.25, -0.2) is 0 Å². The third kappa shape index (κ3) is 8.02. The number of rotatable bonds is 12. The lowest BCUT2D eigenvalue weighted by Crippen LogP contribution is -2.44. The van der Waals surface area contributed by atoms with Gasteiger partial charge in [0.25, 0.3) is 0 Å². The standard InChI is InChI=1S/C19H30N2O3/c1-5-7-10-16(17(15-23)11-8-6-2)14-21(4)18(12-9-13-22)19(24)20-3/h6,8,10-11,13,15,18H,5,7,9,12,14H2,1-4H3,(H,20,24)/b8-6-,16-10+,17-11-. The number of unbranched alkanes of at least 4 members (excludes halogenated alkanes) is 1. The second-order valence-corrected chi connectivity index (χ2v) is 5.57. The van der Waals surface area contributed by atoms with E-state index in [1.165, 1.54) is 0 Å². The third-order valence-electron chi connectivity index (χ3n) is 3.70. The normalized spacial score (nSPS) is 14.0. The average molecular weight is 334 g/mol. The molecule has 0 aromatic carbocycles. The molecule has 0 saturated carbocycles. The Morgan fingerprint density at radius 1 is 1.25 bits per heavy atom. The predicted molar refractivity (Wildman–Crippen MR) is 97.7 cm³/mol. The van der Waals surface area contributed by atoms with E-state index in [2.05, 4.69) is 12.2 Å². The summed E-state index contributed by atoms with van der Waals surface area (Å²) in [7, 11) is 3.42. The molecular weight excluding hydrogens is 304 g/mol. The van der Waals surface area contributed by atoms with Gasteiger partial charge in [0, 0.05) is 25.6 Å². The molecule has 0 aliphatic rings. The van der Waals surface area contributed by atoms with E-state index in [0.717, 1.165) is 31.0 Å². The first kappa shape index (κ1) is 22.0. The number of carbonyl (C=O) groups is 3. The highest BCUT2D eigenvalue weighted by atomic mass is 16.2. The molecule has 0 aliphatic heterocycles. The molecule has 0 aromatic heterocycles. The van der Waals surface area contributed by atoms with Crippen LogP contribution in [0.15, 0.2) is 35.5 Å². The Hall–Kier alpha value is -2.01. The summed E-state index contributed by atoms with van der Waals surface area (Å²) >= 11 is 0. The van der Waals surface area contributed by atoms with Crippen molar-refractivity contribution in [1.82, 2.24) is 10.2 Å². The van der Waals surface area contributed by atoms with Gasteiger partial charge in [-0.1, -0.05) is 37.6 Å². The van der Waals surface area contributed by atoms with Gasteiger partial charge in [0.05, 0.1) is 6.04 Å². The summed E-state index contributed by atoms with van der Waals surface area (Å²) in [5.74, 6) is -0.126. The van der Waals surface area contributed by atoms with Gasteiger partial charge in [0.15, 0.2) is 0 Å². The van der Waals surface area contributed by atoms with Crippen molar-refractivity contribution in [2.24, 2.45) is 0 Å². The van der Waals surface area contributed by atoms with Crippen molar-refractivity contribution in [3.63, 3.8) is 0 Å². The lowest BCUT2D eigenvalue weighted by atomic mass is 10.0. The van der Waals surface area contributed by atoms with Gasteiger partial charge in [0.1, 0.15) is 12.6 Å². The fourth-order valence-electron chi connectivity index (χ4n) is 2.34. The summed E-state index contributed by atoms with van der Waals surface area (Å²) in [5.41, 5.74) is 1.51. The van der Waals surface area contributed by atoms with Crippen molar-refractivity contribution in [3.8, 4) is 0 Å². The first-order valence-electron chi connectivity index (χ1n) is 8.38. The van der Waals surface area contributed by atoms with Crippen molar-refractivity contribution in [1.29, 1.82) is 0 Å². The molecule has 1 amide bonds. The summed E-state index contributed by atoms with van der Waals surface area (Å²) in [5, 5.41) is 2.64. The van der Waals surface area contributed by atoms with Crippen LogP contribution < -0.4 is 5.32 Å². The molecule has 0 fully saturated rings. The fourth-order valence-corrected chi connectivity index (χ4v) is 2.34. The zero-order valence-electron chi connectivity index (χ0n) is 15.2. The molecule has 0 radical (unpaired) electrons. The number of nitrogens with one attached hydrogen (secondary N) is 1. The maximum absolute atomic E-state index is 12.1. The fraction of sp³-hybridized carbons (Fsp3) is 0.526. The maximum atomic E-state index is 12.1. The minimum absolute atomic E-state index is 0.126. The van der Waals surface area contributed by atoms with Crippen LogP contribution in [0, 0.1) is 0 Å². The van der Waals surface area contributed by atoms with Crippen LogP contribution in [0.1, 0.15) is 39.5 Å². The number of amides is 1. The topological polar surface area (TPSA) is 66.5 Å². The molecule has 1 N–H and O–H groups in total. The maximum Gasteiger partial charge on any atom is 0.237 e. The van der Waals surface area contributed by atoms with E-state index in [-0.39, 0.29) is 5.91 Å². The zero-order chi connectivity index (χ0) is 18.4. The summed E-state index contributed by atoms with van der Waals surface area (Å²) in [6.07, 6.45) is 11.8. The van der Waals surface area contributed by atoms with Crippen molar-refractivity contribution in [3.05, 3.63) is 35.5 Å². The van der Waals surface area contributed by atoms with E-state index >= 15 is 0 Å². The van der Waals surface area contributed by atoms with Gasteiger partial charge in [-0.2, -0.15) is 0 Å².